The highest BCUT2D eigenvalue weighted by Gasteiger charge is 2.17. The summed E-state index contributed by atoms with van der Waals surface area (Å²) in [7, 11) is 0. The van der Waals surface area contributed by atoms with Gasteiger partial charge in [0.05, 0.1) is 19.6 Å². The van der Waals surface area contributed by atoms with Gasteiger partial charge in [-0.15, -0.1) is 0 Å². The smallest absolute Gasteiger partial charge is 0.220 e. The van der Waals surface area contributed by atoms with Crippen LogP contribution in [0, 0.1) is 0 Å². The molecule has 0 saturated carbocycles. The van der Waals surface area contributed by atoms with Crippen LogP contribution in [0.3, 0.4) is 0 Å². The van der Waals surface area contributed by atoms with Crippen LogP contribution in [0.1, 0.15) is 37.7 Å². The number of carbonyl (C=O) groups is 1. The lowest BCUT2D eigenvalue weighted by molar-refractivity contribution is -0.118. The standard InChI is InChI=1S/C16H24N2O3/c1-2-20-15-10-12(13-4-3-8-18-11-13)5-6-14(15)21-9-7-16(17)19/h5-6,10,13,18H,2-4,7-9,11H2,1H3,(H2,17,19). The van der Waals surface area contributed by atoms with E-state index in [1.54, 1.807) is 0 Å². The van der Waals surface area contributed by atoms with Gasteiger partial charge in [0.25, 0.3) is 0 Å². The summed E-state index contributed by atoms with van der Waals surface area (Å²) in [5, 5.41) is 3.42. The van der Waals surface area contributed by atoms with Crippen molar-refractivity contribution < 1.29 is 14.3 Å². The van der Waals surface area contributed by atoms with E-state index in [0.29, 0.717) is 18.3 Å². The van der Waals surface area contributed by atoms with Crippen molar-refractivity contribution in [2.45, 2.75) is 32.1 Å². The van der Waals surface area contributed by atoms with E-state index in [2.05, 4.69) is 17.4 Å². The third-order valence-corrected chi connectivity index (χ3v) is 3.64. The summed E-state index contributed by atoms with van der Waals surface area (Å²) in [6, 6.07) is 6.07. The Morgan fingerprint density at radius 2 is 2.24 bits per heavy atom. The first-order valence-electron chi connectivity index (χ1n) is 7.59. The maximum absolute atomic E-state index is 10.8. The minimum Gasteiger partial charge on any atom is -0.490 e. The van der Waals surface area contributed by atoms with Gasteiger partial charge in [0.1, 0.15) is 0 Å². The van der Waals surface area contributed by atoms with Gasteiger partial charge in [-0.2, -0.15) is 0 Å². The first-order valence-corrected chi connectivity index (χ1v) is 7.59. The molecule has 1 saturated heterocycles. The van der Waals surface area contributed by atoms with Crippen LogP contribution in [0.15, 0.2) is 18.2 Å². The van der Waals surface area contributed by atoms with Gasteiger partial charge in [0, 0.05) is 6.54 Å². The molecule has 0 aliphatic carbocycles. The zero-order valence-corrected chi connectivity index (χ0v) is 12.6. The molecule has 1 aromatic rings. The Hall–Kier alpha value is -1.75. The monoisotopic (exact) mass is 292 g/mol. The number of primary amides is 1. The highest BCUT2D eigenvalue weighted by atomic mass is 16.5. The fraction of sp³-hybridized carbons (Fsp3) is 0.562. The fourth-order valence-corrected chi connectivity index (χ4v) is 2.56. The molecule has 0 radical (unpaired) electrons. The van der Waals surface area contributed by atoms with Crippen molar-refractivity contribution in [3.05, 3.63) is 23.8 Å². The van der Waals surface area contributed by atoms with Crippen LogP contribution >= 0.6 is 0 Å². The normalized spacial score (nSPS) is 18.2. The Balaban J connectivity index is 2.07. The third kappa shape index (κ3) is 4.63. The number of hydrogen-bond donors (Lipinski definition) is 2. The second-order valence-electron chi connectivity index (χ2n) is 5.25. The van der Waals surface area contributed by atoms with Gasteiger partial charge in [-0.1, -0.05) is 6.07 Å². The quantitative estimate of drug-likeness (QED) is 0.804. The Bertz CT molecular complexity index is 471. The molecule has 3 N–H and O–H groups in total. The molecule has 0 aromatic heterocycles. The molecule has 5 nitrogen and oxygen atoms in total. The van der Waals surface area contributed by atoms with Crippen molar-refractivity contribution >= 4 is 5.91 Å². The van der Waals surface area contributed by atoms with Gasteiger partial charge in [0.15, 0.2) is 11.5 Å². The first-order chi connectivity index (χ1) is 10.2. The van der Waals surface area contributed by atoms with Gasteiger partial charge < -0.3 is 20.5 Å². The van der Waals surface area contributed by atoms with E-state index < -0.39 is 0 Å². The molecule has 1 aliphatic heterocycles. The average molecular weight is 292 g/mol. The van der Waals surface area contributed by atoms with E-state index in [0.717, 1.165) is 18.8 Å². The number of nitrogens with two attached hydrogens (primary N) is 1. The molecule has 0 spiro atoms. The molecule has 1 unspecified atom stereocenters. The van der Waals surface area contributed by atoms with Crippen molar-refractivity contribution in [1.82, 2.24) is 5.32 Å². The zero-order chi connectivity index (χ0) is 15.1. The van der Waals surface area contributed by atoms with Crippen LogP contribution in [0.4, 0.5) is 0 Å². The lowest BCUT2D eigenvalue weighted by Gasteiger charge is -2.24. The van der Waals surface area contributed by atoms with Gasteiger partial charge in [-0.25, -0.2) is 0 Å². The number of rotatable bonds is 7. The summed E-state index contributed by atoms with van der Waals surface area (Å²) >= 11 is 0. The summed E-state index contributed by atoms with van der Waals surface area (Å²) in [6.07, 6.45) is 2.60. The van der Waals surface area contributed by atoms with E-state index >= 15 is 0 Å². The molecule has 1 amide bonds. The van der Waals surface area contributed by atoms with Gasteiger partial charge in [0.2, 0.25) is 5.91 Å². The fourth-order valence-electron chi connectivity index (χ4n) is 2.56. The Labute approximate surface area is 125 Å². The number of benzene rings is 1. The molecule has 5 heteroatoms. The molecule has 0 bridgehead atoms. The first kappa shape index (κ1) is 15.6. The van der Waals surface area contributed by atoms with Crippen LogP contribution in [0.2, 0.25) is 0 Å². The summed E-state index contributed by atoms with van der Waals surface area (Å²) in [5.74, 6) is 1.58. The summed E-state index contributed by atoms with van der Waals surface area (Å²) in [4.78, 5) is 10.8. The largest absolute Gasteiger partial charge is 0.490 e. The molecule has 1 fully saturated rings. The molecule has 1 heterocycles. The average Bonchev–Trinajstić information content (AvgIpc) is 2.49. The minimum absolute atomic E-state index is 0.208. The molecular weight excluding hydrogens is 268 g/mol. The lowest BCUT2D eigenvalue weighted by Crippen LogP contribution is -2.28. The summed E-state index contributed by atoms with van der Waals surface area (Å²) in [6.45, 7) is 4.91. The van der Waals surface area contributed by atoms with E-state index in [4.69, 9.17) is 15.2 Å². The van der Waals surface area contributed by atoms with Crippen LogP contribution in [0.25, 0.3) is 0 Å². The van der Waals surface area contributed by atoms with E-state index in [-0.39, 0.29) is 18.9 Å². The Morgan fingerprint density at radius 1 is 1.38 bits per heavy atom. The SMILES string of the molecule is CCOc1cc(C2CCCNC2)ccc1OCCC(N)=O. The predicted molar refractivity (Wildman–Crippen MR) is 81.8 cm³/mol. The van der Waals surface area contributed by atoms with Crippen LogP contribution < -0.4 is 20.5 Å². The number of nitrogens with one attached hydrogen (secondary N) is 1. The topological polar surface area (TPSA) is 73.6 Å². The predicted octanol–water partition coefficient (Wildman–Crippen LogP) is 1.81. The third-order valence-electron chi connectivity index (χ3n) is 3.64. The van der Waals surface area contributed by atoms with E-state index in [1.165, 1.54) is 18.4 Å². The molecule has 1 atom stereocenters. The number of ether oxygens (including phenoxy) is 2. The second kappa shape index (κ2) is 7.88. The lowest BCUT2D eigenvalue weighted by atomic mass is 9.91. The van der Waals surface area contributed by atoms with Crippen molar-refractivity contribution in [2.24, 2.45) is 5.73 Å². The van der Waals surface area contributed by atoms with Gasteiger partial charge >= 0.3 is 0 Å². The van der Waals surface area contributed by atoms with Gasteiger partial charge in [-0.05, 0) is 49.9 Å². The summed E-state index contributed by atoms with van der Waals surface area (Å²) in [5.41, 5.74) is 6.39. The van der Waals surface area contributed by atoms with Crippen LogP contribution in [-0.4, -0.2) is 32.2 Å². The summed E-state index contributed by atoms with van der Waals surface area (Å²) < 4.78 is 11.3. The molecule has 116 valence electrons. The van der Waals surface area contributed by atoms with Gasteiger partial charge in [-0.3, -0.25) is 4.79 Å². The van der Waals surface area contributed by atoms with Crippen molar-refractivity contribution in [3.63, 3.8) is 0 Å². The minimum atomic E-state index is -0.363. The van der Waals surface area contributed by atoms with E-state index in [9.17, 15) is 4.79 Å². The second-order valence-corrected chi connectivity index (χ2v) is 5.25. The molecule has 1 aliphatic rings. The number of hydrogen-bond acceptors (Lipinski definition) is 4. The Morgan fingerprint density at radius 3 is 2.90 bits per heavy atom. The highest BCUT2D eigenvalue weighted by Crippen LogP contribution is 2.33. The highest BCUT2D eigenvalue weighted by molar-refractivity contribution is 5.73. The molecule has 21 heavy (non-hydrogen) atoms. The van der Waals surface area contributed by atoms with Crippen molar-refractivity contribution in [3.8, 4) is 11.5 Å². The maximum Gasteiger partial charge on any atom is 0.220 e. The van der Waals surface area contributed by atoms with Crippen molar-refractivity contribution in [2.75, 3.05) is 26.3 Å². The zero-order valence-electron chi connectivity index (χ0n) is 12.6. The van der Waals surface area contributed by atoms with Crippen LogP contribution in [-0.2, 0) is 4.79 Å². The molecule has 2 rings (SSSR count). The number of carbonyl (C=O) groups excluding carboxylic acids is 1. The van der Waals surface area contributed by atoms with E-state index in [1.807, 2.05) is 13.0 Å². The Kier molecular flexibility index (Phi) is 5.87. The molecular formula is C16H24N2O3. The van der Waals surface area contributed by atoms with Crippen molar-refractivity contribution in [1.29, 1.82) is 0 Å². The number of piperidine rings is 1. The number of amides is 1. The maximum atomic E-state index is 10.8. The van der Waals surface area contributed by atoms with Crippen LogP contribution in [0.5, 0.6) is 11.5 Å². The molecule has 1 aromatic carbocycles.